The van der Waals surface area contributed by atoms with E-state index in [0.29, 0.717) is 0 Å². The normalized spacial score (nSPS) is 19.0. The Kier molecular flexibility index (Phi) is 5.57. The van der Waals surface area contributed by atoms with E-state index in [1.54, 1.807) is 13.8 Å². The van der Waals surface area contributed by atoms with Crippen LogP contribution < -0.4 is 0 Å². The maximum atomic E-state index is 12.6. The first-order valence-electron chi connectivity index (χ1n) is 10.1. The number of hydrogen-bond acceptors (Lipinski definition) is 4. The second-order valence-electron chi connectivity index (χ2n) is 7.31. The fourth-order valence-corrected chi connectivity index (χ4v) is 10.5. The number of carbonyl (C=O) groups is 2. The van der Waals surface area contributed by atoms with Crippen LogP contribution in [0, 0.1) is 0 Å². The fraction of sp³-hybridized carbons (Fsp3) is 0.250. The molecule has 0 aliphatic heterocycles. The summed E-state index contributed by atoms with van der Waals surface area (Å²) in [5, 5.41) is 0. The van der Waals surface area contributed by atoms with Crippen molar-refractivity contribution in [1.29, 1.82) is 0 Å². The summed E-state index contributed by atoms with van der Waals surface area (Å²) >= 11 is -4.17. The average molecular weight is 424 g/mol. The summed E-state index contributed by atoms with van der Waals surface area (Å²) in [5.41, 5.74) is 4.31. The number of carbonyl (C=O) groups excluding carboxylic acids is 2. The first-order valence-corrected chi connectivity index (χ1v) is 13.1. The van der Waals surface area contributed by atoms with Crippen molar-refractivity contribution in [2.45, 2.75) is 35.1 Å². The van der Waals surface area contributed by atoms with Gasteiger partial charge in [0.25, 0.3) is 0 Å². The van der Waals surface area contributed by atoms with E-state index < -0.39 is 17.4 Å². The zero-order valence-electron chi connectivity index (χ0n) is 16.6. The van der Waals surface area contributed by atoms with E-state index in [-0.39, 0.29) is 33.2 Å². The van der Waals surface area contributed by atoms with E-state index in [0.717, 1.165) is 22.3 Å². The van der Waals surface area contributed by atoms with Crippen LogP contribution in [-0.4, -0.2) is 11.9 Å². The molecule has 0 aromatic heterocycles. The Hall–Kier alpha value is -2.43. The summed E-state index contributed by atoms with van der Waals surface area (Å²) in [5.74, 6) is -0.631. The number of allylic oxidation sites excluding steroid dienone is 2. The van der Waals surface area contributed by atoms with Crippen LogP contribution in [0.4, 0.5) is 0 Å². The molecule has 2 unspecified atom stereocenters. The van der Waals surface area contributed by atoms with Crippen LogP contribution in [0.3, 0.4) is 0 Å². The Morgan fingerprint density at radius 3 is 1.59 bits per heavy atom. The molecular weight excluding hydrogens is 400 g/mol. The number of rotatable bonds is 6. The monoisotopic (exact) mass is 424 g/mol. The minimum atomic E-state index is -4.17. The second-order valence-corrected chi connectivity index (χ2v) is 12.1. The molecule has 148 valence electrons. The van der Waals surface area contributed by atoms with Crippen LogP contribution in [0.1, 0.15) is 57.4 Å². The molecule has 2 aliphatic carbocycles. The van der Waals surface area contributed by atoms with Crippen molar-refractivity contribution < 1.29 is 33.6 Å². The summed E-state index contributed by atoms with van der Waals surface area (Å²) in [6, 6.07) is 16.1. The molecule has 4 nitrogen and oxygen atoms in total. The van der Waals surface area contributed by atoms with Gasteiger partial charge in [0.15, 0.2) is 0 Å². The van der Waals surface area contributed by atoms with Gasteiger partial charge in [-0.1, -0.05) is 0 Å². The average Bonchev–Trinajstić information content (AvgIpc) is 3.38. The molecule has 4 rings (SSSR count). The van der Waals surface area contributed by atoms with E-state index in [9.17, 15) is 9.59 Å². The van der Waals surface area contributed by atoms with Gasteiger partial charge in [-0.25, -0.2) is 0 Å². The van der Waals surface area contributed by atoms with Crippen molar-refractivity contribution in [3.05, 3.63) is 82.9 Å². The van der Waals surface area contributed by atoms with Gasteiger partial charge in [0, 0.05) is 0 Å². The predicted octanol–water partition coefficient (Wildman–Crippen LogP) is 5.41. The van der Waals surface area contributed by atoms with Crippen molar-refractivity contribution >= 4 is 24.1 Å². The molecule has 2 aromatic rings. The van der Waals surface area contributed by atoms with Gasteiger partial charge in [0.05, 0.1) is 0 Å². The van der Waals surface area contributed by atoms with Crippen LogP contribution in [0.25, 0.3) is 12.2 Å². The molecule has 0 radical (unpaired) electrons. The van der Waals surface area contributed by atoms with Gasteiger partial charge >= 0.3 is 176 Å². The maximum absolute atomic E-state index is 12.6. The summed E-state index contributed by atoms with van der Waals surface area (Å²) < 4.78 is 12.1. The van der Waals surface area contributed by atoms with Crippen LogP contribution in [0.5, 0.6) is 0 Å². The SMILES string of the molecule is CCC(=O)[O][Ti]([O]C(=O)CC)([CH]1C=Cc2ccccc21)[CH]1C=Cc2ccccc21. The van der Waals surface area contributed by atoms with Crippen LogP contribution >= 0.6 is 0 Å². The first-order chi connectivity index (χ1) is 14.1. The van der Waals surface area contributed by atoms with Crippen molar-refractivity contribution in [2.24, 2.45) is 0 Å². The molecule has 29 heavy (non-hydrogen) atoms. The molecule has 0 N–H and O–H groups in total. The van der Waals surface area contributed by atoms with Gasteiger partial charge in [0.1, 0.15) is 0 Å². The van der Waals surface area contributed by atoms with Crippen molar-refractivity contribution in [3.63, 3.8) is 0 Å². The zero-order valence-corrected chi connectivity index (χ0v) is 18.2. The topological polar surface area (TPSA) is 52.6 Å². The van der Waals surface area contributed by atoms with Crippen LogP contribution in [-0.2, 0) is 33.6 Å². The first kappa shape index (κ1) is 19.9. The van der Waals surface area contributed by atoms with E-state index in [2.05, 4.69) is 12.2 Å². The van der Waals surface area contributed by atoms with Gasteiger partial charge in [-0.2, -0.15) is 0 Å². The second kappa shape index (κ2) is 8.13. The number of fused-ring (bicyclic) bond motifs is 2. The van der Waals surface area contributed by atoms with E-state index in [1.807, 2.05) is 60.7 Å². The third kappa shape index (κ3) is 3.52. The molecule has 5 heteroatoms. The number of hydrogen-bond donors (Lipinski definition) is 0. The van der Waals surface area contributed by atoms with Crippen LogP contribution in [0.2, 0.25) is 0 Å². The van der Waals surface area contributed by atoms with Gasteiger partial charge in [0.2, 0.25) is 0 Å². The van der Waals surface area contributed by atoms with Crippen molar-refractivity contribution in [3.8, 4) is 0 Å². The molecule has 0 spiro atoms. The Labute approximate surface area is 175 Å². The van der Waals surface area contributed by atoms with E-state index in [4.69, 9.17) is 6.64 Å². The summed E-state index contributed by atoms with van der Waals surface area (Å²) in [6.07, 6.45) is 8.70. The molecule has 2 atom stereocenters. The summed E-state index contributed by atoms with van der Waals surface area (Å²) in [6.45, 7) is 3.54. The minimum absolute atomic E-state index is 0.210. The Morgan fingerprint density at radius 2 is 1.17 bits per heavy atom. The number of benzene rings is 2. The predicted molar refractivity (Wildman–Crippen MR) is 109 cm³/mol. The molecular formula is C24H24O4Ti. The molecule has 0 saturated heterocycles. The molecule has 0 saturated carbocycles. The van der Waals surface area contributed by atoms with E-state index >= 15 is 0 Å². The van der Waals surface area contributed by atoms with Crippen LogP contribution in [0.15, 0.2) is 60.7 Å². The third-order valence-corrected chi connectivity index (χ3v) is 11.6. The van der Waals surface area contributed by atoms with Gasteiger partial charge in [-0.15, -0.1) is 0 Å². The molecule has 0 bridgehead atoms. The van der Waals surface area contributed by atoms with Gasteiger partial charge in [-0.05, 0) is 0 Å². The Bertz CT molecular complexity index is 926. The molecule has 0 amide bonds. The fourth-order valence-electron chi connectivity index (χ4n) is 4.17. The van der Waals surface area contributed by atoms with Gasteiger partial charge in [-0.3, -0.25) is 0 Å². The Balaban J connectivity index is 1.90. The standard InChI is InChI=1S/2C9H7.2C3H6O2.Ti/c2*1-2-5-9-7-3-6-8(9)4-1;2*1-2-3(4)5;/h2*1-7H;2*2H2,1H3,(H,4,5);/q;;;;+2/p-2. The summed E-state index contributed by atoms with van der Waals surface area (Å²) in [4.78, 5) is 25.2. The van der Waals surface area contributed by atoms with Crippen molar-refractivity contribution in [1.82, 2.24) is 0 Å². The van der Waals surface area contributed by atoms with E-state index in [1.165, 1.54) is 0 Å². The quantitative estimate of drug-likeness (QED) is 0.582. The summed E-state index contributed by atoms with van der Waals surface area (Å²) in [7, 11) is 0. The molecule has 0 heterocycles. The Morgan fingerprint density at radius 1 is 0.759 bits per heavy atom. The molecule has 2 aliphatic rings. The van der Waals surface area contributed by atoms with Gasteiger partial charge < -0.3 is 0 Å². The molecule has 2 aromatic carbocycles. The van der Waals surface area contributed by atoms with Crippen molar-refractivity contribution in [2.75, 3.05) is 0 Å². The zero-order chi connectivity index (χ0) is 20.4. The third-order valence-electron chi connectivity index (χ3n) is 5.59. The molecule has 0 fully saturated rings.